The van der Waals surface area contributed by atoms with Crippen LogP contribution in [0.2, 0.25) is 5.02 Å². The summed E-state index contributed by atoms with van der Waals surface area (Å²) in [7, 11) is -0.627. The van der Waals surface area contributed by atoms with Crippen molar-refractivity contribution in [2.75, 3.05) is 12.8 Å². The first-order valence-electron chi connectivity index (χ1n) is 5.80. The number of halogens is 1. The number of anilines is 1. The van der Waals surface area contributed by atoms with Gasteiger partial charge in [0, 0.05) is 25.7 Å². The molecule has 0 radical (unpaired) electrons. The summed E-state index contributed by atoms with van der Waals surface area (Å²) < 4.78 is 27.6. The van der Waals surface area contributed by atoms with Crippen LogP contribution in [0.3, 0.4) is 0 Å². The SMILES string of the molecule is CN(Cc1cccc(Cl)c1)S(=O)(=O)c1c(N)ncn1C. The number of hydrogen-bond acceptors (Lipinski definition) is 4. The molecule has 2 N–H and O–H groups in total. The van der Waals surface area contributed by atoms with Crippen molar-refractivity contribution < 1.29 is 8.42 Å². The van der Waals surface area contributed by atoms with Gasteiger partial charge in [-0.1, -0.05) is 23.7 Å². The van der Waals surface area contributed by atoms with Gasteiger partial charge in [-0.2, -0.15) is 4.31 Å². The average Bonchev–Trinajstić information content (AvgIpc) is 2.69. The fraction of sp³-hybridized carbons (Fsp3) is 0.250. The second kappa shape index (κ2) is 5.43. The van der Waals surface area contributed by atoms with Crippen molar-refractivity contribution in [2.24, 2.45) is 7.05 Å². The standard InChI is InChI=1S/C12H15ClN4O2S/c1-16-8-15-11(14)12(16)20(18,19)17(2)7-9-4-3-5-10(13)6-9/h3-6,8H,7,14H2,1-2H3. The van der Waals surface area contributed by atoms with Crippen molar-refractivity contribution >= 4 is 27.4 Å². The largest absolute Gasteiger partial charge is 0.381 e. The topological polar surface area (TPSA) is 81.2 Å². The molecule has 6 nitrogen and oxygen atoms in total. The summed E-state index contributed by atoms with van der Waals surface area (Å²) in [4.78, 5) is 3.80. The minimum Gasteiger partial charge on any atom is -0.381 e. The molecule has 8 heteroatoms. The quantitative estimate of drug-likeness (QED) is 0.926. The highest BCUT2D eigenvalue weighted by Crippen LogP contribution is 2.21. The first-order valence-corrected chi connectivity index (χ1v) is 7.61. The molecule has 0 fully saturated rings. The number of aromatic nitrogens is 2. The molecule has 0 bridgehead atoms. The number of sulfonamides is 1. The first-order chi connectivity index (χ1) is 9.32. The summed E-state index contributed by atoms with van der Waals surface area (Å²) in [5.74, 6) is -0.00885. The molecule has 0 spiro atoms. The molecule has 2 aromatic rings. The fourth-order valence-electron chi connectivity index (χ4n) is 1.88. The van der Waals surface area contributed by atoms with Crippen molar-refractivity contribution in [3.05, 3.63) is 41.2 Å². The van der Waals surface area contributed by atoms with Crippen LogP contribution in [0.4, 0.5) is 5.82 Å². The molecular formula is C12H15ClN4O2S. The number of benzene rings is 1. The lowest BCUT2D eigenvalue weighted by Gasteiger charge is -2.17. The maximum atomic E-state index is 12.5. The van der Waals surface area contributed by atoms with E-state index in [-0.39, 0.29) is 17.4 Å². The van der Waals surface area contributed by atoms with Gasteiger partial charge in [0.05, 0.1) is 6.33 Å². The molecule has 20 heavy (non-hydrogen) atoms. The average molecular weight is 315 g/mol. The second-order valence-corrected chi connectivity index (χ2v) is 6.83. The van der Waals surface area contributed by atoms with Crippen LogP contribution >= 0.6 is 11.6 Å². The molecule has 1 aromatic heterocycles. The van der Waals surface area contributed by atoms with Gasteiger partial charge in [-0.3, -0.25) is 0 Å². The van der Waals surface area contributed by atoms with E-state index < -0.39 is 10.0 Å². The summed E-state index contributed by atoms with van der Waals surface area (Å²) in [6, 6.07) is 7.04. The number of imidazole rings is 1. The Kier molecular flexibility index (Phi) is 4.03. The molecular weight excluding hydrogens is 300 g/mol. The Bertz CT molecular complexity index is 707. The highest BCUT2D eigenvalue weighted by Gasteiger charge is 2.27. The Hall–Kier alpha value is -1.57. The number of rotatable bonds is 4. The maximum Gasteiger partial charge on any atom is 0.262 e. The minimum absolute atomic E-state index is 0.00885. The van der Waals surface area contributed by atoms with Gasteiger partial charge in [-0.15, -0.1) is 0 Å². The predicted octanol–water partition coefficient (Wildman–Crippen LogP) is 1.48. The molecule has 108 valence electrons. The van der Waals surface area contributed by atoms with Gasteiger partial charge in [0.2, 0.25) is 0 Å². The van der Waals surface area contributed by atoms with Crippen LogP contribution in [0.5, 0.6) is 0 Å². The van der Waals surface area contributed by atoms with Crippen molar-refractivity contribution in [1.29, 1.82) is 0 Å². The van der Waals surface area contributed by atoms with Gasteiger partial charge in [-0.05, 0) is 17.7 Å². The Morgan fingerprint density at radius 3 is 2.70 bits per heavy atom. The van der Waals surface area contributed by atoms with Crippen LogP contribution in [0, 0.1) is 0 Å². The van der Waals surface area contributed by atoms with Gasteiger partial charge in [0.25, 0.3) is 10.0 Å². The van der Waals surface area contributed by atoms with E-state index in [0.29, 0.717) is 5.02 Å². The molecule has 0 unspecified atom stereocenters. The summed E-state index contributed by atoms with van der Waals surface area (Å²) in [5.41, 5.74) is 6.42. The van der Waals surface area contributed by atoms with Gasteiger partial charge in [0.15, 0.2) is 10.8 Å². The van der Waals surface area contributed by atoms with Gasteiger partial charge >= 0.3 is 0 Å². The van der Waals surface area contributed by atoms with E-state index in [0.717, 1.165) is 5.56 Å². The first kappa shape index (κ1) is 14.8. The van der Waals surface area contributed by atoms with Crippen molar-refractivity contribution in [3.8, 4) is 0 Å². The summed E-state index contributed by atoms with van der Waals surface area (Å²) in [5, 5.41) is 0.551. The molecule has 2 rings (SSSR count). The number of aryl methyl sites for hydroxylation is 1. The summed E-state index contributed by atoms with van der Waals surface area (Å²) in [6.07, 6.45) is 1.37. The lowest BCUT2D eigenvalue weighted by Crippen LogP contribution is -2.28. The lowest BCUT2D eigenvalue weighted by molar-refractivity contribution is 0.461. The number of nitrogens with two attached hydrogens (primary N) is 1. The van der Waals surface area contributed by atoms with Crippen LogP contribution in [0.15, 0.2) is 35.6 Å². The Morgan fingerprint density at radius 1 is 1.45 bits per heavy atom. The van der Waals surface area contributed by atoms with Crippen molar-refractivity contribution in [3.63, 3.8) is 0 Å². The van der Waals surface area contributed by atoms with Crippen molar-refractivity contribution in [1.82, 2.24) is 13.9 Å². The van der Waals surface area contributed by atoms with E-state index in [1.54, 1.807) is 25.2 Å². The van der Waals surface area contributed by atoms with Crippen LogP contribution in [0.1, 0.15) is 5.56 Å². The third-order valence-electron chi connectivity index (χ3n) is 2.86. The molecule has 0 saturated heterocycles. The molecule has 0 aliphatic rings. The highest BCUT2D eigenvalue weighted by molar-refractivity contribution is 7.89. The third-order valence-corrected chi connectivity index (χ3v) is 5.03. The Morgan fingerprint density at radius 2 is 2.15 bits per heavy atom. The minimum atomic E-state index is -3.70. The second-order valence-electron chi connectivity index (χ2n) is 4.44. The molecule has 1 heterocycles. The highest BCUT2D eigenvalue weighted by atomic mass is 35.5. The van der Waals surface area contributed by atoms with Crippen LogP contribution in [-0.4, -0.2) is 29.3 Å². The van der Waals surface area contributed by atoms with E-state index >= 15 is 0 Å². The van der Waals surface area contributed by atoms with Crippen LogP contribution < -0.4 is 5.73 Å². The molecule has 0 atom stereocenters. The van der Waals surface area contributed by atoms with E-state index in [1.807, 2.05) is 6.07 Å². The summed E-state index contributed by atoms with van der Waals surface area (Å²) in [6.45, 7) is 0.202. The predicted molar refractivity (Wildman–Crippen MR) is 77.7 cm³/mol. The molecule has 0 saturated carbocycles. The summed E-state index contributed by atoms with van der Waals surface area (Å²) >= 11 is 5.89. The smallest absolute Gasteiger partial charge is 0.262 e. The fourth-order valence-corrected chi connectivity index (χ4v) is 3.43. The molecule has 0 amide bonds. The molecule has 1 aromatic carbocycles. The number of nitrogens with zero attached hydrogens (tertiary/aromatic N) is 3. The monoisotopic (exact) mass is 314 g/mol. The lowest BCUT2D eigenvalue weighted by atomic mass is 10.2. The van der Waals surface area contributed by atoms with Crippen LogP contribution in [-0.2, 0) is 23.6 Å². The van der Waals surface area contributed by atoms with E-state index in [9.17, 15) is 8.42 Å². The zero-order valence-electron chi connectivity index (χ0n) is 11.1. The van der Waals surface area contributed by atoms with E-state index in [4.69, 9.17) is 17.3 Å². The zero-order chi connectivity index (χ0) is 14.9. The molecule has 0 aliphatic carbocycles. The Labute approximate surface area is 122 Å². The number of hydrogen-bond donors (Lipinski definition) is 1. The Balaban J connectivity index is 2.31. The van der Waals surface area contributed by atoms with Gasteiger partial charge in [-0.25, -0.2) is 13.4 Å². The van der Waals surface area contributed by atoms with Gasteiger partial charge in [0.1, 0.15) is 0 Å². The third kappa shape index (κ3) is 2.79. The van der Waals surface area contributed by atoms with E-state index in [2.05, 4.69) is 4.98 Å². The van der Waals surface area contributed by atoms with Crippen LogP contribution in [0.25, 0.3) is 0 Å². The number of nitrogen functional groups attached to an aromatic ring is 1. The van der Waals surface area contributed by atoms with Gasteiger partial charge < -0.3 is 10.3 Å². The zero-order valence-corrected chi connectivity index (χ0v) is 12.7. The molecule has 0 aliphatic heterocycles. The normalized spacial score (nSPS) is 12.0. The maximum absolute atomic E-state index is 12.5. The van der Waals surface area contributed by atoms with E-state index in [1.165, 1.54) is 22.2 Å². The van der Waals surface area contributed by atoms with Crippen molar-refractivity contribution in [2.45, 2.75) is 11.6 Å².